The normalized spacial score (nSPS) is 12.5. The Bertz CT molecular complexity index is 1190. The fourth-order valence-electron chi connectivity index (χ4n) is 3.51. The Balaban J connectivity index is 1.42. The molecule has 1 amide bonds. The third kappa shape index (κ3) is 3.45. The standard InChI is InChI=1S/C21H22N4O2S/c1-14(16-7-4-3-5-8-16)22-20(26)9-6-11-24-21(27)18-13-19-17(10-12-28-19)25(18)15(2)23-24/h3-5,7-8,10,12-14H,6,9,11H2,1-2H3,(H,22,26)/t14-/m1/s1. The highest BCUT2D eigenvalue weighted by atomic mass is 32.1. The highest BCUT2D eigenvalue weighted by Crippen LogP contribution is 2.24. The van der Waals surface area contributed by atoms with Crippen LogP contribution in [-0.4, -0.2) is 20.1 Å². The minimum atomic E-state index is -0.118. The average Bonchev–Trinajstić information content (AvgIpc) is 3.27. The summed E-state index contributed by atoms with van der Waals surface area (Å²) in [6.07, 6.45) is 0.913. The van der Waals surface area contributed by atoms with Crippen molar-refractivity contribution in [3.8, 4) is 0 Å². The zero-order chi connectivity index (χ0) is 19.7. The van der Waals surface area contributed by atoms with Crippen molar-refractivity contribution < 1.29 is 4.79 Å². The molecule has 144 valence electrons. The second kappa shape index (κ2) is 7.59. The summed E-state index contributed by atoms with van der Waals surface area (Å²) in [7, 11) is 0. The van der Waals surface area contributed by atoms with Gasteiger partial charge in [0.15, 0.2) is 0 Å². The topological polar surface area (TPSA) is 68.4 Å². The Morgan fingerprint density at radius 3 is 2.79 bits per heavy atom. The molecule has 0 bridgehead atoms. The van der Waals surface area contributed by atoms with Crippen molar-refractivity contribution in [1.82, 2.24) is 19.5 Å². The van der Waals surface area contributed by atoms with Crippen molar-refractivity contribution in [3.63, 3.8) is 0 Å². The molecule has 0 saturated carbocycles. The summed E-state index contributed by atoms with van der Waals surface area (Å²) < 4.78 is 4.45. The summed E-state index contributed by atoms with van der Waals surface area (Å²) in [5.41, 5.74) is 2.61. The molecule has 28 heavy (non-hydrogen) atoms. The van der Waals surface area contributed by atoms with E-state index in [1.54, 1.807) is 11.3 Å². The first kappa shape index (κ1) is 18.4. The lowest BCUT2D eigenvalue weighted by Crippen LogP contribution is -2.29. The van der Waals surface area contributed by atoms with Crippen LogP contribution in [-0.2, 0) is 11.3 Å². The van der Waals surface area contributed by atoms with Crippen molar-refractivity contribution in [1.29, 1.82) is 0 Å². The minimum Gasteiger partial charge on any atom is -0.350 e. The molecule has 3 aromatic heterocycles. The van der Waals surface area contributed by atoms with Crippen LogP contribution in [0.4, 0.5) is 0 Å². The van der Waals surface area contributed by atoms with Gasteiger partial charge < -0.3 is 5.32 Å². The van der Waals surface area contributed by atoms with Crippen LogP contribution in [0.5, 0.6) is 0 Å². The molecule has 1 atom stereocenters. The number of hydrogen-bond donors (Lipinski definition) is 1. The number of rotatable bonds is 6. The number of amides is 1. The van der Waals surface area contributed by atoms with E-state index in [1.165, 1.54) is 4.68 Å². The van der Waals surface area contributed by atoms with Crippen LogP contribution < -0.4 is 10.9 Å². The van der Waals surface area contributed by atoms with E-state index >= 15 is 0 Å². The number of fused-ring (bicyclic) bond motifs is 3. The molecular weight excluding hydrogens is 372 g/mol. The first-order valence-corrected chi connectivity index (χ1v) is 10.2. The maximum absolute atomic E-state index is 12.8. The number of hydrogen-bond acceptors (Lipinski definition) is 4. The molecule has 0 fully saturated rings. The van der Waals surface area contributed by atoms with Gasteiger partial charge in [-0.3, -0.25) is 14.0 Å². The number of thiophene rings is 1. The first-order chi connectivity index (χ1) is 13.5. The molecule has 1 N–H and O–H groups in total. The van der Waals surface area contributed by atoms with E-state index in [2.05, 4.69) is 10.4 Å². The molecule has 7 heteroatoms. The molecule has 6 nitrogen and oxygen atoms in total. The molecular formula is C21H22N4O2S. The second-order valence-corrected chi connectivity index (χ2v) is 7.86. The zero-order valence-electron chi connectivity index (χ0n) is 15.9. The molecule has 4 aromatic rings. The number of carbonyl (C=O) groups is 1. The van der Waals surface area contributed by atoms with Crippen LogP contribution >= 0.6 is 11.3 Å². The lowest BCUT2D eigenvalue weighted by molar-refractivity contribution is -0.121. The van der Waals surface area contributed by atoms with E-state index in [4.69, 9.17) is 0 Å². The quantitative estimate of drug-likeness (QED) is 0.542. The van der Waals surface area contributed by atoms with Crippen LogP contribution in [0.2, 0.25) is 0 Å². The number of carbonyl (C=O) groups excluding carboxylic acids is 1. The average molecular weight is 395 g/mol. The molecule has 0 aliphatic rings. The van der Waals surface area contributed by atoms with E-state index in [0.29, 0.717) is 24.9 Å². The van der Waals surface area contributed by atoms with Gasteiger partial charge in [-0.05, 0) is 43.3 Å². The molecule has 4 rings (SSSR count). The molecule has 0 spiro atoms. The van der Waals surface area contributed by atoms with Gasteiger partial charge in [0.1, 0.15) is 11.3 Å². The number of nitrogens with zero attached hydrogens (tertiary/aromatic N) is 3. The predicted molar refractivity (Wildman–Crippen MR) is 112 cm³/mol. The van der Waals surface area contributed by atoms with Gasteiger partial charge in [0.25, 0.3) is 5.56 Å². The Labute approximate surface area is 166 Å². The molecule has 0 aliphatic carbocycles. The smallest absolute Gasteiger partial charge is 0.291 e. The molecule has 0 aliphatic heterocycles. The monoisotopic (exact) mass is 394 g/mol. The van der Waals surface area contributed by atoms with Gasteiger partial charge in [0.05, 0.1) is 16.3 Å². The van der Waals surface area contributed by atoms with Crippen molar-refractivity contribution in [2.45, 2.75) is 39.3 Å². The number of aromatic nitrogens is 3. The van der Waals surface area contributed by atoms with Gasteiger partial charge >= 0.3 is 0 Å². The third-order valence-corrected chi connectivity index (χ3v) is 5.77. The Kier molecular flexibility index (Phi) is 5.00. The Morgan fingerprint density at radius 2 is 2.00 bits per heavy atom. The fraction of sp³-hybridized carbons (Fsp3) is 0.286. The van der Waals surface area contributed by atoms with Crippen molar-refractivity contribution in [2.75, 3.05) is 0 Å². The summed E-state index contributed by atoms with van der Waals surface area (Å²) >= 11 is 1.61. The highest BCUT2D eigenvalue weighted by molar-refractivity contribution is 7.17. The van der Waals surface area contributed by atoms with Crippen LogP contribution in [0.1, 0.15) is 37.2 Å². The third-order valence-electron chi connectivity index (χ3n) is 4.92. The largest absolute Gasteiger partial charge is 0.350 e. The minimum absolute atomic E-state index is 0.0228. The van der Waals surface area contributed by atoms with Crippen molar-refractivity contribution in [3.05, 3.63) is 69.6 Å². The van der Waals surface area contributed by atoms with Gasteiger partial charge in [-0.25, -0.2) is 4.68 Å². The van der Waals surface area contributed by atoms with Gasteiger partial charge in [-0.15, -0.1) is 11.3 Å². The predicted octanol–water partition coefficient (Wildman–Crippen LogP) is 3.68. The molecule has 0 unspecified atom stereocenters. The molecule has 3 heterocycles. The first-order valence-electron chi connectivity index (χ1n) is 9.35. The van der Waals surface area contributed by atoms with Crippen molar-refractivity contribution >= 4 is 33.0 Å². The lowest BCUT2D eigenvalue weighted by atomic mass is 10.1. The van der Waals surface area contributed by atoms with E-state index in [0.717, 1.165) is 21.6 Å². The van der Waals surface area contributed by atoms with Gasteiger partial charge in [-0.2, -0.15) is 5.10 Å². The second-order valence-electron chi connectivity index (χ2n) is 6.91. The van der Waals surface area contributed by atoms with E-state index in [1.807, 2.05) is 66.1 Å². The Morgan fingerprint density at radius 1 is 1.21 bits per heavy atom. The summed E-state index contributed by atoms with van der Waals surface area (Å²) in [6.45, 7) is 4.28. The summed E-state index contributed by atoms with van der Waals surface area (Å²) in [4.78, 5) is 25.0. The number of nitrogens with one attached hydrogen (secondary N) is 1. The molecule has 1 aromatic carbocycles. The fourth-order valence-corrected chi connectivity index (χ4v) is 4.31. The van der Waals surface area contributed by atoms with E-state index in [9.17, 15) is 9.59 Å². The number of benzene rings is 1. The summed E-state index contributed by atoms with van der Waals surface area (Å²) in [5.74, 6) is 0.746. The van der Waals surface area contributed by atoms with Gasteiger partial charge in [-0.1, -0.05) is 30.3 Å². The van der Waals surface area contributed by atoms with E-state index in [-0.39, 0.29) is 17.5 Å². The SMILES string of the molecule is Cc1nn(CCCC(=O)N[C@H](C)c2ccccc2)c(=O)c2cc3sccc3n12. The number of aryl methyl sites for hydroxylation is 2. The van der Waals surface area contributed by atoms with Gasteiger partial charge in [0, 0.05) is 13.0 Å². The summed E-state index contributed by atoms with van der Waals surface area (Å²) in [6, 6.07) is 13.7. The van der Waals surface area contributed by atoms with Gasteiger partial charge in [0.2, 0.25) is 5.91 Å². The van der Waals surface area contributed by atoms with Crippen LogP contribution in [0.15, 0.2) is 52.6 Å². The Hall–Kier alpha value is -2.93. The maximum atomic E-state index is 12.8. The summed E-state index contributed by atoms with van der Waals surface area (Å²) in [5, 5.41) is 9.46. The maximum Gasteiger partial charge on any atom is 0.291 e. The van der Waals surface area contributed by atoms with E-state index < -0.39 is 0 Å². The van der Waals surface area contributed by atoms with Crippen LogP contribution in [0, 0.1) is 6.92 Å². The van der Waals surface area contributed by atoms with Crippen molar-refractivity contribution in [2.24, 2.45) is 0 Å². The van der Waals surface area contributed by atoms with Crippen LogP contribution in [0.25, 0.3) is 15.7 Å². The van der Waals surface area contributed by atoms with Crippen LogP contribution in [0.3, 0.4) is 0 Å². The zero-order valence-corrected chi connectivity index (χ0v) is 16.7. The highest BCUT2D eigenvalue weighted by Gasteiger charge is 2.14. The molecule has 0 saturated heterocycles. The lowest BCUT2D eigenvalue weighted by Gasteiger charge is -2.14. The molecule has 0 radical (unpaired) electrons.